The van der Waals surface area contributed by atoms with Gasteiger partial charge in [0.1, 0.15) is 11.2 Å². The van der Waals surface area contributed by atoms with E-state index in [1.165, 1.54) is 19.1 Å². The van der Waals surface area contributed by atoms with Crippen LogP contribution < -0.4 is 0 Å². The van der Waals surface area contributed by atoms with E-state index in [9.17, 15) is 14.0 Å². The molecule has 0 aliphatic carbocycles. The van der Waals surface area contributed by atoms with E-state index in [-0.39, 0.29) is 23.5 Å². The van der Waals surface area contributed by atoms with Crippen LogP contribution in [0, 0.1) is 5.82 Å². The zero-order valence-corrected chi connectivity index (χ0v) is 10.3. The van der Waals surface area contributed by atoms with Crippen molar-refractivity contribution in [3.63, 3.8) is 0 Å². The maximum atomic E-state index is 13.6. The highest BCUT2D eigenvalue weighted by molar-refractivity contribution is 6.30. The molecule has 0 amide bonds. The number of halogens is 2. The van der Waals surface area contributed by atoms with Gasteiger partial charge in [0.05, 0.1) is 12.2 Å². The molecule has 0 spiro atoms. The van der Waals surface area contributed by atoms with E-state index in [0.717, 1.165) is 6.07 Å². The van der Waals surface area contributed by atoms with Crippen molar-refractivity contribution in [2.75, 3.05) is 6.61 Å². The molecule has 0 radical (unpaired) electrons. The second-order valence-electron chi connectivity index (χ2n) is 3.43. The van der Waals surface area contributed by atoms with Crippen LogP contribution in [0.1, 0.15) is 35.1 Å². The van der Waals surface area contributed by atoms with Crippen LogP contribution in [0.5, 0.6) is 0 Å². The molecule has 0 fully saturated rings. The number of benzene rings is 1. The molecule has 1 rings (SSSR count). The van der Waals surface area contributed by atoms with Gasteiger partial charge in [0, 0.05) is 5.56 Å². The van der Waals surface area contributed by atoms with Crippen LogP contribution in [0.25, 0.3) is 0 Å². The number of hydrogen-bond acceptors (Lipinski definition) is 3. The van der Waals surface area contributed by atoms with Crippen LogP contribution in [-0.4, -0.2) is 18.4 Å². The van der Waals surface area contributed by atoms with Crippen molar-refractivity contribution in [2.24, 2.45) is 0 Å². The topological polar surface area (TPSA) is 43.4 Å². The second-order valence-corrected chi connectivity index (χ2v) is 3.87. The largest absolute Gasteiger partial charge is 0.462 e. The van der Waals surface area contributed by atoms with Crippen molar-refractivity contribution in [1.29, 1.82) is 0 Å². The Hall–Kier alpha value is -1.42. The fourth-order valence-electron chi connectivity index (χ4n) is 1.29. The molecule has 0 N–H and O–H groups in total. The first-order valence-corrected chi connectivity index (χ1v) is 5.52. The van der Waals surface area contributed by atoms with Gasteiger partial charge in [-0.3, -0.25) is 4.79 Å². The van der Waals surface area contributed by atoms with Gasteiger partial charge in [-0.05, 0) is 26.0 Å². The van der Waals surface area contributed by atoms with E-state index in [1.54, 1.807) is 6.92 Å². The number of carbonyl (C=O) groups is 2. The van der Waals surface area contributed by atoms with Gasteiger partial charge >= 0.3 is 5.97 Å². The predicted octanol–water partition coefficient (Wildman–Crippen LogP) is 2.87. The summed E-state index contributed by atoms with van der Waals surface area (Å²) in [6, 6.07) is 3.72. The third-order valence-corrected chi connectivity index (χ3v) is 2.68. The Bertz CT molecular complexity index is 445. The monoisotopic (exact) mass is 258 g/mol. The fourth-order valence-corrected chi connectivity index (χ4v) is 1.47. The van der Waals surface area contributed by atoms with Crippen molar-refractivity contribution in [2.45, 2.75) is 19.2 Å². The quantitative estimate of drug-likeness (QED) is 0.616. The lowest BCUT2D eigenvalue weighted by molar-refractivity contribution is -0.116. The first-order valence-electron chi connectivity index (χ1n) is 5.08. The number of ketones is 1. The van der Waals surface area contributed by atoms with Gasteiger partial charge in [-0.2, -0.15) is 0 Å². The Morgan fingerprint density at radius 3 is 2.59 bits per heavy atom. The third kappa shape index (κ3) is 3.27. The molecular weight excluding hydrogens is 247 g/mol. The van der Waals surface area contributed by atoms with Crippen molar-refractivity contribution in [3.05, 3.63) is 35.1 Å². The molecule has 0 saturated carbocycles. The molecule has 1 unspecified atom stereocenters. The molecule has 1 atom stereocenters. The maximum absolute atomic E-state index is 13.6. The van der Waals surface area contributed by atoms with Gasteiger partial charge in [-0.25, -0.2) is 9.18 Å². The molecule has 0 heterocycles. The molecule has 0 aromatic heterocycles. The summed E-state index contributed by atoms with van der Waals surface area (Å²) in [5.74, 6) is -1.65. The minimum Gasteiger partial charge on any atom is -0.462 e. The van der Waals surface area contributed by atoms with Gasteiger partial charge in [0.2, 0.25) is 0 Å². The summed E-state index contributed by atoms with van der Waals surface area (Å²) in [5, 5.41) is -1.04. The molecule has 0 saturated heterocycles. The van der Waals surface area contributed by atoms with Gasteiger partial charge in [0.15, 0.2) is 5.78 Å². The maximum Gasteiger partial charge on any atom is 0.338 e. The van der Waals surface area contributed by atoms with E-state index in [1.807, 2.05) is 0 Å². The normalized spacial score (nSPS) is 12.0. The van der Waals surface area contributed by atoms with E-state index in [0.29, 0.717) is 0 Å². The number of rotatable bonds is 4. The zero-order chi connectivity index (χ0) is 13.0. The summed E-state index contributed by atoms with van der Waals surface area (Å²) in [5.41, 5.74) is 0.160. The van der Waals surface area contributed by atoms with Gasteiger partial charge in [0.25, 0.3) is 0 Å². The summed E-state index contributed by atoms with van der Waals surface area (Å²) in [6.45, 7) is 3.15. The minimum atomic E-state index is -1.04. The number of hydrogen-bond donors (Lipinski definition) is 0. The lowest BCUT2D eigenvalue weighted by Gasteiger charge is -2.08. The van der Waals surface area contributed by atoms with Gasteiger partial charge < -0.3 is 4.74 Å². The summed E-state index contributed by atoms with van der Waals surface area (Å²) in [7, 11) is 0. The lowest BCUT2D eigenvalue weighted by atomic mass is 10.1. The summed E-state index contributed by atoms with van der Waals surface area (Å²) in [6.07, 6.45) is 0. The first-order chi connectivity index (χ1) is 7.97. The van der Waals surface area contributed by atoms with Crippen LogP contribution in [-0.2, 0) is 9.53 Å². The van der Waals surface area contributed by atoms with Crippen molar-refractivity contribution >= 4 is 23.4 Å². The average Bonchev–Trinajstić information content (AvgIpc) is 2.28. The Labute approximate surface area is 104 Å². The number of Topliss-reactive ketones (excluding diaryl/α,β-unsaturated/α-hetero) is 1. The smallest absolute Gasteiger partial charge is 0.338 e. The Morgan fingerprint density at radius 2 is 2.12 bits per heavy atom. The first kappa shape index (κ1) is 13.6. The highest BCUT2D eigenvalue weighted by atomic mass is 35.5. The van der Waals surface area contributed by atoms with E-state index < -0.39 is 17.2 Å². The molecule has 1 aromatic carbocycles. The van der Waals surface area contributed by atoms with Gasteiger partial charge in [-0.1, -0.05) is 6.07 Å². The third-order valence-electron chi connectivity index (χ3n) is 2.14. The van der Waals surface area contributed by atoms with Crippen molar-refractivity contribution in [3.8, 4) is 0 Å². The summed E-state index contributed by atoms with van der Waals surface area (Å²) >= 11 is 5.73. The number of esters is 1. The van der Waals surface area contributed by atoms with E-state index >= 15 is 0 Å². The molecule has 17 heavy (non-hydrogen) atoms. The fraction of sp³-hybridized carbons (Fsp3) is 0.333. The zero-order valence-electron chi connectivity index (χ0n) is 9.50. The van der Waals surface area contributed by atoms with Crippen molar-refractivity contribution in [1.82, 2.24) is 0 Å². The van der Waals surface area contributed by atoms with E-state index in [2.05, 4.69) is 0 Å². The molecule has 1 aromatic rings. The summed E-state index contributed by atoms with van der Waals surface area (Å²) < 4.78 is 18.3. The number of ether oxygens (including phenoxy) is 1. The second kappa shape index (κ2) is 5.77. The molecule has 3 nitrogen and oxygen atoms in total. The highest BCUT2D eigenvalue weighted by Crippen LogP contribution is 2.25. The standard InChI is InChI=1S/C12H12ClFO3/c1-3-17-12(16)8-4-5-9(10(14)6-8)11(13)7(2)15/h4-6,11H,3H2,1-2H3. The van der Waals surface area contributed by atoms with Crippen LogP contribution in [0.4, 0.5) is 4.39 Å². The van der Waals surface area contributed by atoms with Crippen molar-refractivity contribution < 1.29 is 18.7 Å². The molecule has 0 bridgehead atoms. The summed E-state index contributed by atoms with van der Waals surface area (Å²) in [4.78, 5) is 22.4. The Kier molecular flexibility index (Phi) is 4.63. The minimum absolute atomic E-state index is 0.0622. The number of alkyl halides is 1. The lowest BCUT2D eigenvalue weighted by Crippen LogP contribution is -2.08. The Morgan fingerprint density at radius 1 is 1.47 bits per heavy atom. The molecular formula is C12H12ClFO3. The predicted molar refractivity (Wildman–Crippen MR) is 61.6 cm³/mol. The average molecular weight is 259 g/mol. The SMILES string of the molecule is CCOC(=O)c1ccc(C(Cl)C(C)=O)c(F)c1. The molecule has 0 aliphatic heterocycles. The van der Waals surface area contributed by atoms with Gasteiger partial charge in [-0.15, -0.1) is 11.6 Å². The van der Waals surface area contributed by atoms with E-state index in [4.69, 9.17) is 16.3 Å². The molecule has 0 aliphatic rings. The molecule has 5 heteroatoms. The van der Waals surface area contributed by atoms with Crippen LogP contribution >= 0.6 is 11.6 Å². The van der Waals surface area contributed by atoms with Crippen LogP contribution in [0.2, 0.25) is 0 Å². The number of carbonyl (C=O) groups excluding carboxylic acids is 2. The highest BCUT2D eigenvalue weighted by Gasteiger charge is 2.19. The van der Waals surface area contributed by atoms with Crippen LogP contribution in [0.15, 0.2) is 18.2 Å². The van der Waals surface area contributed by atoms with Crippen LogP contribution in [0.3, 0.4) is 0 Å². The Balaban J connectivity index is 3.01. The molecule has 92 valence electrons.